The summed E-state index contributed by atoms with van der Waals surface area (Å²) in [5, 5.41) is 5.07. The molecule has 2 N–H and O–H groups in total. The molecule has 0 saturated carbocycles. The molecule has 2 amide bonds. The van der Waals surface area contributed by atoms with Crippen LogP contribution in [0.3, 0.4) is 0 Å². The van der Waals surface area contributed by atoms with Crippen LogP contribution in [-0.4, -0.2) is 18.4 Å². The largest absolute Gasteiger partial charge is 0.483 e. The van der Waals surface area contributed by atoms with Gasteiger partial charge in [-0.3, -0.25) is 9.59 Å². The van der Waals surface area contributed by atoms with Crippen LogP contribution in [0.25, 0.3) is 0 Å². The van der Waals surface area contributed by atoms with E-state index in [2.05, 4.69) is 10.6 Å². The molecule has 3 rings (SSSR count). The van der Waals surface area contributed by atoms with Crippen molar-refractivity contribution in [2.24, 2.45) is 0 Å². The van der Waals surface area contributed by atoms with Gasteiger partial charge in [0.1, 0.15) is 11.6 Å². The van der Waals surface area contributed by atoms with E-state index in [0.717, 1.165) is 12.1 Å². The number of hydrogen-bond acceptors (Lipinski definition) is 3. The first-order valence-corrected chi connectivity index (χ1v) is 9.89. The van der Waals surface area contributed by atoms with Crippen molar-refractivity contribution in [3.05, 3.63) is 95.3 Å². The van der Waals surface area contributed by atoms with Crippen LogP contribution in [-0.2, 0) is 11.0 Å². The van der Waals surface area contributed by atoms with E-state index in [0.29, 0.717) is 5.56 Å². The van der Waals surface area contributed by atoms with Crippen LogP contribution in [0.4, 0.5) is 23.2 Å². The maximum atomic E-state index is 13.7. The van der Waals surface area contributed by atoms with Crippen molar-refractivity contribution in [1.29, 1.82) is 0 Å². The summed E-state index contributed by atoms with van der Waals surface area (Å²) in [5.74, 6) is -1.62. The van der Waals surface area contributed by atoms with Crippen molar-refractivity contribution in [1.82, 2.24) is 5.32 Å². The third kappa shape index (κ3) is 6.31. The van der Waals surface area contributed by atoms with Gasteiger partial charge in [0.2, 0.25) is 0 Å². The number of nitrogens with one attached hydrogen (secondary N) is 2. The quantitative estimate of drug-likeness (QED) is 0.467. The fourth-order valence-electron chi connectivity index (χ4n) is 2.99. The molecule has 0 radical (unpaired) electrons. The van der Waals surface area contributed by atoms with Gasteiger partial charge in [-0.2, -0.15) is 13.2 Å². The topological polar surface area (TPSA) is 67.4 Å². The van der Waals surface area contributed by atoms with E-state index in [4.69, 9.17) is 4.74 Å². The van der Waals surface area contributed by atoms with Gasteiger partial charge < -0.3 is 15.4 Å². The zero-order chi connectivity index (χ0) is 24.0. The normalized spacial score (nSPS) is 12.0. The average molecular weight is 460 g/mol. The van der Waals surface area contributed by atoms with Crippen LogP contribution in [0, 0.1) is 5.82 Å². The zero-order valence-corrected chi connectivity index (χ0v) is 17.4. The van der Waals surface area contributed by atoms with Crippen LogP contribution in [0.15, 0.2) is 72.8 Å². The molecule has 0 spiro atoms. The Balaban J connectivity index is 1.63. The first-order chi connectivity index (χ1) is 15.6. The third-order valence-electron chi connectivity index (χ3n) is 4.72. The molecule has 9 heteroatoms. The Morgan fingerprint density at radius 1 is 0.939 bits per heavy atom. The second kappa shape index (κ2) is 10.2. The molecule has 3 aromatic carbocycles. The van der Waals surface area contributed by atoms with Gasteiger partial charge in [0, 0.05) is 0 Å². The van der Waals surface area contributed by atoms with Gasteiger partial charge in [0.15, 0.2) is 6.61 Å². The number of benzene rings is 3. The number of ether oxygens (including phenoxy) is 1. The fraction of sp³-hybridized carbons (Fsp3) is 0.167. The smallest absolute Gasteiger partial charge is 0.416 e. The molecule has 0 aliphatic carbocycles. The van der Waals surface area contributed by atoms with E-state index in [9.17, 15) is 27.2 Å². The molecule has 0 saturated heterocycles. The number of rotatable bonds is 7. The Morgan fingerprint density at radius 2 is 1.58 bits per heavy atom. The Labute approximate surface area is 187 Å². The van der Waals surface area contributed by atoms with Crippen molar-refractivity contribution < 1.29 is 31.9 Å². The van der Waals surface area contributed by atoms with Crippen molar-refractivity contribution in [3.63, 3.8) is 0 Å². The number of halogens is 4. The summed E-state index contributed by atoms with van der Waals surface area (Å²) in [7, 11) is 0. The molecule has 0 bridgehead atoms. The molecule has 1 unspecified atom stereocenters. The molecular formula is C24H20F4N2O3. The standard InChI is InChI=1S/C24H20F4N2O3/c1-15(16-10-12-17(13-11-16)24(26,27)28)29-23(32)18-6-2-5-9-21(18)33-14-22(31)30-20-8-4-3-7-19(20)25/h2-13,15H,14H2,1H3,(H,29,32)(H,30,31). The highest BCUT2D eigenvalue weighted by Crippen LogP contribution is 2.30. The summed E-state index contributed by atoms with van der Waals surface area (Å²) in [6.07, 6.45) is -4.44. The third-order valence-corrected chi connectivity index (χ3v) is 4.72. The van der Waals surface area contributed by atoms with Gasteiger partial charge in [-0.1, -0.05) is 36.4 Å². The predicted octanol–water partition coefficient (Wildman–Crippen LogP) is 5.35. The van der Waals surface area contributed by atoms with Crippen LogP contribution >= 0.6 is 0 Å². The molecule has 5 nitrogen and oxygen atoms in total. The summed E-state index contributed by atoms with van der Waals surface area (Å²) in [4.78, 5) is 24.8. The van der Waals surface area contributed by atoms with Crippen LogP contribution in [0.1, 0.15) is 34.5 Å². The Morgan fingerprint density at radius 3 is 2.24 bits per heavy atom. The molecule has 0 aliphatic heterocycles. The van der Waals surface area contributed by atoms with Gasteiger partial charge in [-0.15, -0.1) is 0 Å². The van der Waals surface area contributed by atoms with E-state index < -0.39 is 42.0 Å². The number of carbonyl (C=O) groups excluding carboxylic acids is 2. The Bertz CT molecular complexity index is 1130. The average Bonchev–Trinajstić information content (AvgIpc) is 2.79. The van der Waals surface area contributed by atoms with Crippen LogP contribution < -0.4 is 15.4 Å². The summed E-state index contributed by atoms with van der Waals surface area (Å²) < 4.78 is 57.3. The first kappa shape index (κ1) is 23.8. The first-order valence-electron chi connectivity index (χ1n) is 9.89. The van der Waals surface area contributed by atoms with E-state index in [1.54, 1.807) is 25.1 Å². The molecule has 3 aromatic rings. The van der Waals surface area contributed by atoms with Crippen molar-refractivity contribution in [2.75, 3.05) is 11.9 Å². The highest BCUT2D eigenvalue weighted by atomic mass is 19.4. The number of amides is 2. The van der Waals surface area contributed by atoms with E-state index >= 15 is 0 Å². The maximum Gasteiger partial charge on any atom is 0.416 e. The van der Waals surface area contributed by atoms with Crippen molar-refractivity contribution in [3.8, 4) is 5.75 Å². The molecule has 33 heavy (non-hydrogen) atoms. The number of hydrogen-bond donors (Lipinski definition) is 2. The summed E-state index contributed by atoms with van der Waals surface area (Å²) in [6, 6.07) is 15.7. The maximum absolute atomic E-state index is 13.7. The van der Waals surface area contributed by atoms with E-state index in [1.807, 2.05) is 0 Å². The van der Waals surface area contributed by atoms with Crippen molar-refractivity contribution >= 4 is 17.5 Å². The van der Waals surface area contributed by atoms with E-state index in [-0.39, 0.29) is 17.0 Å². The summed E-state index contributed by atoms with van der Waals surface area (Å²) >= 11 is 0. The zero-order valence-electron chi connectivity index (χ0n) is 17.4. The second-order valence-electron chi connectivity index (χ2n) is 7.13. The minimum absolute atomic E-state index is 0.00231. The van der Waals surface area contributed by atoms with Gasteiger partial charge >= 0.3 is 6.18 Å². The minimum Gasteiger partial charge on any atom is -0.483 e. The molecule has 172 valence electrons. The predicted molar refractivity (Wildman–Crippen MR) is 114 cm³/mol. The lowest BCUT2D eigenvalue weighted by molar-refractivity contribution is -0.137. The van der Waals surface area contributed by atoms with Crippen LogP contribution in [0.2, 0.25) is 0 Å². The Kier molecular flexibility index (Phi) is 7.32. The summed E-state index contributed by atoms with van der Waals surface area (Å²) in [5.41, 5.74) is -0.159. The van der Waals surface area contributed by atoms with Crippen molar-refractivity contribution in [2.45, 2.75) is 19.1 Å². The second-order valence-corrected chi connectivity index (χ2v) is 7.13. The van der Waals surface area contributed by atoms with Gasteiger partial charge in [-0.05, 0) is 48.9 Å². The van der Waals surface area contributed by atoms with Gasteiger partial charge in [-0.25, -0.2) is 4.39 Å². The highest BCUT2D eigenvalue weighted by Gasteiger charge is 2.30. The number of para-hydroxylation sites is 2. The molecule has 0 fully saturated rings. The summed E-state index contributed by atoms with van der Waals surface area (Å²) in [6.45, 7) is 1.17. The molecule has 0 heterocycles. The number of alkyl halides is 3. The SMILES string of the molecule is CC(NC(=O)c1ccccc1OCC(=O)Nc1ccccc1F)c1ccc(C(F)(F)F)cc1. The Hall–Kier alpha value is -3.88. The lowest BCUT2D eigenvalue weighted by Gasteiger charge is -2.17. The van der Waals surface area contributed by atoms with Gasteiger partial charge in [0.25, 0.3) is 11.8 Å². The molecular weight excluding hydrogens is 440 g/mol. The van der Waals surface area contributed by atoms with E-state index in [1.165, 1.54) is 42.5 Å². The number of carbonyl (C=O) groups is 2. The number of anilines is 1. The van der Waals surface area contributed by atoms with Crippen LogP contribution in [0.5, 0.6) is 5.75 Å². The van der Waals surface area contributed by atoms with Gasteiger partial charge in [0.05, 0.1) is 22.9 Å². The fourth-order valence-corrected chi connectivity index (χ4v) is 2.99. The minimum atomic E-state index is -4.44. The molecule has 0 aliphatic rings. The molecule has 1 atom stereocenters. The lowest BCUT2D eigenvalue weighted by Crippen LogP contribution is -2.28. The molecule has 0 aromatic heterocycles. The lowest BCUT2D eigenvalue weighted by atomic mass is 10.1. The highest BCUT2D eigenvalue weighted by molar-refractivity contribution is 5.97. The monoisotopic (exact) mass is 460 g/mol.